The van der Waals surface area contributed by atoms with Gasteiger partial charge in [-0.3, -0.25) is 0 Å². The molecular formula is C11H23NO. The molecule has 1 aliphatic heterocycles. The lowest BCUT2D eigenvalue weighted by atomic mass is 10.1. The van der Waals surface area contributed by atoms with Gasteiger partial charge in [0, 0.05) is 6.04 Å². The topological polar surface area (TPSA) is 12.5 Å². The fraction of sp³-hybridized carbons (Fsp3) is 1.00. The lowest BCUT2D eigenvalue weighted by Gasteiger charge is -2.28. The number of rotatable bonds is 4. The van der Waals surface area contributed by atoms with Crippen LogP contribution >= 0.6 is 0 Å². The van der Waals surface area contributed by atoms with E-state index in [1.807, 2.05) is 0 Å². The smallest absolute Gasteiger partial charge is 0.0705 e. The summed E-state index contributed by atoms with van der Waals surface area (Å²) in [6.07, 6.45) is 4.54. The third kappa shape index (κ3) is 2.96. The van der Waals surface area contributed by atoms with Crippen LogP contribution in [0.4, 0.5) is 0 Å². The number of likely N-dealkylation sites (N-methyl/N-ethyl adjacent to an activating group) is 1. The number of ether oxygens (including phenoxy) is 1. The summed E-state index contributed by atoms with van der Waals surface area (Å²) in [5.41, 5.74) is 0. The fourth-order valence-corrected chi connectivity index (χ4v) is 2.08. The second kappa shape index (κ2) is 4.97. The second-order valence-corrected chi connectivity index (χ2v) is 4.25. The largest absolute Gasteiger partial charge is 0.374 e. The molecule has 0 aromatic carbocycles. The Balaban J connectivity index is 2.33. The molecule has 2 heteroatoms. The first-order chi connectivity index (χ1) is 6.15. The van der Waals surface area contributed by atoms with Crippen LogP contribution in [0.1, 0.15) is 40.0 Å². The Kier molecular flexibility index (Phi) is 4.20. The highest BCUT2D eigenvalue weighted by Gasteiger charge is 2.27. The predicted molar refractivity (Wildman–Crippen MR) is 56.0 cm³/mol. The van der Waals surface area contributed by atoms with E-state index in [-0.39, 0.29) is 0 Å². The molecule has 1 fully saturated rings. The lowest BCUT2D eigenvalue weighted by Crippen LogP contribution is -2.37. The van der Waals surface area contributed by atoms with Gasteiger partial charge in [0.25, 0.3) is 0 Å². The van der Waals surface area contributed by atoms with E-state index in [4.69, 9.17) is 4.74 Å². The van der Waals surface area contributed by atoms with Crippen molar-refractivity contribution in [2.75, 3.05) is 13.6 Å². The molecule has 1 aliphatic rings. The van der Waals surface area contributed by atoms with Crippen LogP contribution in [-0.2, 0) is 4.74 Å². The van der Waals surface area contributed by atoms with Crippen LogP contribution in [0.2, 0.25) is 0 Å². The molecule has 0 aromatic rings. The van der Waals surface area contributed by atoms with Crippen molar-refractivity contribution in [3.05, 3.63) is 0 Å². The van der Waals surface area contributed by atoms with E-state index in [0.717, 1.165) is 6.42 Å². The summed E-state index contributed by atoms with van der Waals surface area (Å²) in [5, 5.41) is 0. The van der Waals surface area contributed by atoms with Crippen molar-refractivity contribution in [3.63, 3.8) is 0 Å². The summed E-state index contributed by atoms with van der Waals surface area (Å²) in [6.45, 7) is 7.78. The molecule has 0 bridgehead atoms. The van der Waals surface area contributed by atoms with E-state index in [2.05, 4.69) is 32.7 Å². The van der Waals surface area contributed by atoms with Crippen molar-refractivity contribution >= 4 is 0 Å². The maximum absolute atomic E-state index is 5.91. The van der Waals surface area contributed by atoms with Crippen molar-refractivity contribution in [1.29, 1.82) is 0 Å². The van der Waals surface area contributed by atoms with E-state index < -0.39 is 0 Å². The van der Waals surface area contributed by atoms with Gasteiger partial charge in [0.15, 0.2) is 0 Å². The number of likely N-dealkylation sites (tertiary alicyclic amines) is 1. The molecule has 78 valence electrons. The molecule has 0 aliphatic carbocycles. The van der Waals surface area contributed by atoms with E-state index >= 15 is 0 Å². The Morgan fingerprint density at radius 2 is 2.15 bits per heavy atom. The van der Waals surface area contributed by atoms with Crippen molar-refractivity contribution in [1.82, 2.24) is 4.90 Å². The minimum Gasteiger partial charge on any atom is -0.374 e. The van der Waals surface area contributed by atoms with Gasteiger partial charge in [0.05, 0.1) is 12.2 Å². The van der Waals surface area contributed by atoms with Crippen LogP contribution < -0.4 is 0 Å². The maximum atomic E-state index is 5.91. The molecule has 1 unspecified atom stereocenters. The third-order valence-corrected chi connectivity index (χ3v) is 3.14. The minimum absolute atomic E-state index is 0.391. The molecule has 0 N–H and O–H groups in total. The molecule has 0 radical (unpaired) electrons. The third-order valence-electron chi connectivity index (χ3n) is 3.14. The van der Waals surface area contributed by atoms with E-state index in [9.17, 15) is 0 Å². The molecule has 1 heterocycles. The first-order valence-electron chi connectivity index (χ1n) is 5.50. The Morgan fingerprint density at radius 1 is 1.46 bits per heavy atom. The van der Waals surface area contributed by atoms with Crippen molar-refractivity contribution in [2.24, 2.45) is 0 Å². The number of nitrogens with zero attached hydrogens (tertiary/aromatic N) is 1. The highest BCUT2D eigenvalue weighted by atomic mass is 16.5. The van der Waals surface area contributed by atoms with Crippen LogP contribution in [0.5, 0.6) is 0 Å². The van der Waals surface area contributed by atoms with Gasteiger partial charge in [-0.1, -0.05) is 6.92 Å². The summed E-state index contributed by atoms with van der Waals surface area (Å²) in [7, 11) is 2.20. The Bertz CT molecular complexity index is 149. The van der Waals surface area contributed by atoms with Crippen LogP contribution in [0.15, 0.2) is 0 Å². The quantitative estimate of drug-likeness (QED) is 0.666. The first kappa shape index (κ1) is 11.0. The molecule has 0 aromatic heterocycles. The molecular weight excluding hydrogens is 162 g/mol. The zero-order chi connectivity index (χ0) is 9.84. The highest BCUT2D eigenvalue weighted by molar-refractivity contribution is 4.81. The van der Waals surface area contributed by atoms with Gasteiger partial charge < -0.3 is 9.64 Å². The molecule has 1 rings (SSSR count). The fourth-order valence-electron chi connectivity index (χ4n) is 2.08. The maximum Gasteiger partial charge on any atom is 0.0705 e. The number of hydrogen-bond donors (Lipinski definition) is 0. The average Bonchev–Trinajstić information content (AvgIpc) is 2.51. The van der Waals surface area contributed by atoms with Gasteiger partial charge in [0.1, 0.15) is 0 Å². The van der Waals surface area contributed by atoms with Gasteiger partial charge in [0.2, 0.25) is 0 Å². The molecule has 0 saturated carbocycles. The van der Waals surface area contributed by atoms with Gasteiger partial charge in [-0.2, -0.15) is 0 Å². The lowest BCUT2D eigenvalue weighted by molar-refractivity contribution is -0.0295. The average molecular weight is 185 g/mol. The van der Waals surface area contributed by atoms with E-state index in [1.165, 1.54) is 19.4 Å². The van der Waals surface area contributed by atoms with E-state index in [1.54, 1.807) is 0 Å². The summed E-state index contributed by atoms with van der Waals surface area (Å²) >= 11 is 0. The molecule has 13 heavy (non-hydrogen) atoms. The molecule has 0 spiro atoms. The highest BCUT2D eigenvalue weighted by Crippen LogP contribution is 2.20. The molecule has 3 atom stereocenters. The van der Waals surface area contributed by atoms with Crippen molar-refractivity contribution < 1.29 is 4.74 Å². The van der Waals surface area contributed by atoms with Crippen LogP contribution in [0.25, 0.3) is 0 Å². The van der Waals surface area contributed by atoms with Gasteiger partial charge in [-0.15, -0.1) is 0 Å². The van der Waals surface area contributed by atoms with Crippen molar-refractivity contribution in [3.8, 4) is 0 Å². The molecule has 0 amide bonds. The Morgan fingerprint density at radius 3 is 2.62 bits per heavy atom. The van der Waals surface area contributed by atoms with Crippen LogP contribution in [0.3, 0.4) is 0 Å². The predicted octanol–water partition coefficient (Wildman–Crippen LogP) is 2.28. The molecule has 1 saturated heterocycles. The minimum atomic E-state index is 0.391. The zero-order valence-corrected chi connectivity index (χ0v) is 9.42. The monoisotopic (exact) mass is 185 g/mol. The van der Waals surface area contributed by atoms with Gasteiger partial charge in [-0.05, 0) is 46.7 Å². The zero-order valence-electron chi connectivity index (χ0n) is 9.42. The van der Waals surface area contributed by atoms with E-state index in [0.29, 0.717) is 18.2 Å². The molecule has 2 nitrogen and oxygen atoms in total. The Hall–Kier alpha value is -0.0800. The summed E-state index contributed by atoms with van der Waals surface area (Å²) in [5.74, 6) is 0. The number of hydrogen-bond acceptors (Lipinski definition) is 2. The SMILES string of the molecule is CCC(C)O[C@@H](C)[C@@H]1CCCN1C. The normalized spacial score (nSPS) is 29.1. The summed E-state index contributed by atoms with van der Waals surface area (Å²) in [4.78, 5) is 2.42. The first-order valence-corrected chi connectivity index (χ1v) is 5.50. The van der Waals surface area contributed by atoms with Gasteiger partial charge >= 0.3 is 0 Å². The summed E-state index contributed by atoms with van der Waals surface area (Å²) < 4.78 is 5.91. The van der Waals surface area contributed by atoms with Crippen LogP contribution in [0, 0.1) is 0 Å². The second-order valence-electron chi connectivity index (χ2n) is 4.25. The Labute approximate surface area is 82.3 Å². The standard InChI is InChI=1S/C11H23NO/c1-5-9(2)13-10(3)11-7-6-8-12(11)4/h9-11H,5-8H2,1-4H3/t9?,10-,11-/m0/s1. The van der Waals surface area contributed by atoms with Crippen LogP contribution in [-0.4, -0.2) is 36.7 Å². The van der Waals surface area contributed by atoms with Gasteiger partial charge in [-0.25, -0.2) is 0 Å². The van der Waals surface area contributed by atoms with Crippen molar-refractivity contribution in [2.45, 2.75) is 58.3 Å². The summed E-state index contributed by atoms with van der Waals surface area (Å²) in [6, 6.07) is 0.647.